The first-order valence-electron chi connectivity index (χ1n) is 7.37. The summed E-state index contributed by atoms with van der Waals surface area (Å²) in [6, 6.07) is 0.257. The van der Waals surface area contributed by atoms with Crippen molar-refractivity contribution in [3.05, 3.63) is 0 Å². The molecule has 0 aromatic carbocycles. The van der Waals surface area contributed by atoms with Gasteiger partial charge >= 0.3 is 0 Å². The van der Waals surface area contributed by atoms with Crippen LogP contribution in [0.25, 0.3) is 0 Å². The Bertz CT molecular complexity index is 362. The molecule has 108 valence electrons. The number of oxime groups is 1. The second-order valence-electron chi connectivity index (χ2n) is 6.22. The number of amidine groups is 1. The maximum absolute atomic E-state index is 12.6. The van der Waals surface area contributed by atoms with E-state index in [1.165, 1.54) is 6.42 Å². The molecule has 0 bridgehead atoms. The first-order valence-corrected chi connectivity index (χ1v) is 7.37. The Morgan fingerprint density at radius 3 is 2.53 bits per heavy atom. The van der Waals surface area contributed by atoms with E-state index in [9.17, 15) is 4.79 Å². The minimum absolute atomic E-state index is 0.0402. The molecular formula is C14H25N3O2. The van der Waals surface area contributed by atoms with Gasteiger partial charge in [0.05, 0.1) is 0 Å². The van der Waals surface area contributed by atoms with Crippen molar-refractivity contribution in [2.75, 3.05) is 0 Å². The minimum atomic E-state index is -0.779. The maximum Gasteiger partial charge on any atom is 0.234 e. The van der Waals surface area contributed by atoms with Crippen molar-refractivity contribution in [3.63, 3.8) is 0 Å². The van der Waals surface area contributed by atoms with Crippen LogP contribution in [-0.4, -0.2) is 23.0 Å². The van der Waals surface area contributed by atoms with Crippen LogP contribution in [0.4, 0.5) is 0 Å². The topological polar surface area (TPSA) is 87.7 Å². The average molecular weight is 267 g/mol. The van der Waals surface area contributed by atoms with Gasteiger partial charge in [-0.2, -0.15) is 0 Å². The van der Waals surface area contributed by atoms with Crippen LogP contribution in [0.15, 0.2) is 5.16 Å². The average Bonchev–Trinajstić information content (AvgIpc) is 2.83. The van der Waals surface area contributed by atoms with E-state index >= 15 is 0 Å². The Hall–Kier alpha value is -1.26. The van der Waals surface area contributed by atoms with Crippen LogP contribution < -0.4 is 11.1 Å². The van der Waals surface area contributed by atoms with E-state index in [2.05, 4.69) is 17.4 Å². The van der Waals surface area contributed by atoms with Crippen LogP contribution >= 0.6 is 0 Å². The molecule has 2 atom stereocenters. The predicted molar refractivity (Wildman–Crippen MR) is 73.9 cm³/mol. The summed E-state index contributed by atoms with van der Waals surface area (Å²) >= 11 is 0. The SMILES string of the molecule is CC1CCC(NC(=O)C2(C(N)=NO)CCCCC2)C1. The highest BCUT2D eigenvalue weighted by atomic mass is 16.4. The van der Waals surface area contributed by atoms with Crippen LogP contribution in [0.5, 0.6) is 0 Å². The fraction of sp³-hybridized carbons (Fsp3) is 0.857. The number of rotatable bonds is 3. The van der Waals surface area contributed by atoms with E-state index in [1.807, 2.05) is 0 Å². The van der Waals surface area contributed by atoms with Crippen molar-refractivity contribution in [1.82, 2.24) is 5.32 Å². The summed E-state index contributed by atoms with van der Waals surface area (Å²) in [6.07, 6.45) is 7.68. The summed E-state index contributed by atoms with van der Waals surface area (Å²) in [5.41, 5.74) is 5.05. The zero-order chi connectivity index (χ0) is 13.9. The van der Waals surface area contributed by atoms with E-state index in [0.717, 1.165) is 32.1 Å². The lowest BCUT2D eigenvalue weighted by molar-refractivity contribution is -0.129. The molecule has 0 aromatic rings. The van der Waals surface area contributed by atoms with Gasteiger partial charge in [-0.25, -0.2) is 0 Å². The Labute approximate surface area is 114 Å². The molecule has 2 saturated carbocycles. The van der Waals surface area contributed by atoms with Gasteiger partial charge < -0.3 is 16.3 Å². The van der Waals surface area contributed by atoms with Crippen molar-refractivity contribution < 1.29 is 10.0 Å². The molecule has 0 aromatic heterocycles. The van der Waals surface area contributed by atoms with Crippen molar-refractivity contribution in [2.24, 2.45) is 22.2 Å². The van der Waals surface area contributed by atoms with Gasteiger partial charge in [0.15, 0.2) is 5.84 Å². The summed E-state index contributed by atoms with van der Waals surface area (Å²) in [6.45, 7) is 2.21. The van der Waals surface area contributed by atoms with Crippen molar-refractivity contribution in [1.29, 1.82) is 0 Å². The van der Waals surface area contributed by atoms with Crippen LogP contribution in [-0.2, 0) is 4.79 Å². The number of carbonyl (C=O) groups is 1. The molecule has 4 N–H and O–H groups in total. The Morgan fingerprint density at radius 1 is 1.32 bits per heavy atom. The smallest absolute Gasteiger partial charge is 0.234 e. The molecule has 2 aliphatic carbocycles. The van der Waals surface area contributed by atoms with Gasteiger partial charge in [-0.1, -0.05) is 31.3 Å². The van der Waals surface area contributed by atoms with Gasteiger partial charge in [-0.05, 0) is 38.0 Å². The van der Waals surface area contributed by atoms with Crippen LogP contribution in [0.2, 0.25) is 0 Å². The second-order valence-corrected chi connectivity index (χ2v) is 6.22. The molecule has 0 heterocycles. The largest absolute Gasteiger partial charge is 0.409 e. The molecule has 2 aliphatic rings. The molecule has 19 heavy (non-hydrogen) atoms. The van der Waals surface area contributed by atoms with Gasteiger partial charge in [-0.15, -0.1) is 0 Å². The van der Waals surface area contributed by atoms with Gasteiger partial charge in [0.25, 0.3) is 0 Å². The second kappa shape index (κ2) is 5.80. The zero-order valence-electron chi connectivity index (χ0n) is 11.7. The number of hydrogen-bond acceptors (Lipinski definition) is 3. The van der Waals surface area contributed by atoms with Crippen LogP contribution in [0.3, 0.4) is 0 Å². The van der Waals surface area contributed by atoms with Gasteiger partial charge in [0, 0.05) is 6.04 Å². The number of amides is 1. The first-order chi connectivity index (χ1) is 9.08. The summed E-state index contributed by atoms with van der Waals surface area (Å²) in [5.74, 6) is 0.716. The third-order valence-electron chi connectivity index (χ3n) is 4.77. The summed E-state index contributed by atoms with van der Waals surface area (Å²) in [5, 5.41) is 15.2. The molecule has 2 unspecified atom stereocenters. The summed E-state index contributed by atoms with van der Waals surface area (Å²) in [7, 11) is 0. The molecule has 5 heteroatoms. The molecule has 0 saturated heterocycles. The van der Waals surface area contributed by atoms with Crippen LogP contribution in [0, 0.1) is 11.3 Å². The van der Waals surface area contributed by atoms with E-state index < -0.39 is 5.41 Å². The van der Waals surface area contributed by atoms with Crippen molar-refractivity contribution in [3.8, 4) is 0 Å². The van der Waals surface area contributed by atoms with Crippen LogP contribution in [0.1, 0.15) is 58.3 Å². The highest BCUT2D eigenvalue weighted by Gasteiger charge is 2.44. The Balaban J connectivity index is 2.07. The summed E-state index contributed by atoms with van der Waals surface area (Å²) < 4.78 is 0. The normalized spacial score (nSPS) is 31.1. The molecule has 2 fully saturated rings. The fourth-order valence-corrected chi connectivity index (χ4v) is 3.51. The van der Waals surface area contributed by atoms with E-state index in [1.54, 1.807) is 0 Å². The molecule has 0 radical (unpaired) electrons. The highest BCUT2D eigenvalue weighted by Crippen LogP contribution is 2.37. The molecule has 0 spiro atoms. The van der Waals surface area contributed by atoms with Gasteiger partial charge in [0.2, 0.25) is 5.91 Å². The molecule has 5 nitrogen and oxygen atoms in total. The third kappa shape index (κ3) is 2.85. The van der Waals surface area contributed by atoms with Gasteiger partial charge in [-0.3, -0.25) is 4.79 Å². The van der Waals surface area contributed by atoms with E-state index in [0.29, 0.717) is 18.8 Å². The monoisotopic (exact) mass is 267 g/mol. The molecule has 0 aliphatic heterocycles. The van der Waals surface area contributed by atoms with Gasteiger partial charge in [0.1, 0.15) is 5.41 Å². The first kappa shape index (κ1) is 14.2. The Morgan fingerprint density at radius 2 is 2.00 bits per heavy atom. The minimum Gasteiger partial charge on any atom is -0.409 e. The molecule has 2 rings (SSSR count). The number of carbonyl (C=O) groups excluding carboxylic acids is 1. The number of nitrogens with zero attached hydrogens (tertiary/aromatic N) is 1. The number of nitrogens with two attached hydrogens (primary N) is 1. The zero-order valence-corrected chi connectivity index (χ0v) is 11.7. The van der Waals surface area contributed by atoms with Crippen molar-refractivity contribution >= 4 is 11.7 Å². The third-order valence-corrected chi connectivity index (χ3v) is 4.77. The highest BCUT2D eigenvalue weighted by molar-refractivity contribution is 6.06. The quantitative estimate of drug-likeness (QED) is 0.316. The lowest BCUT2D eigenvalue weighted by atomic mass is 9.72. The summed E-state index contributed by atoms with van der Waals surface area (Å²) in [4.78, 5) is 12.6. The Kier molecular flexibility index (Phi) is 4.32. The van der Waals surface area contributed by atoms with E-state index in [-0.39, 0.29) is 17.8 Å². The van der Waals surface area contributed by atoms with E-state index in [4.69, 9.17) is 10.9 Å². The van der Waals surface area contributed by atoms with Crippen molar-refractivity contribution in [2.45, 2.75) is 64.3 Å². The maximum atomic E-state index is 12.6. The lowest BCUT2D eigenvalue weighted by Crippen LogP contribution is -2.52. The number of nitrogens with one attached hydrogen (secondary N) is 1. The lowest BCUT2D eigenvalue weighted by Gasteiger charge is -2.35. The predicted octanol–water partition coefficient (Wildman–Crippen LogP) is 1.99. The number of hydrogen-bond donors (Lipinski definition) is 3. The standard InChI is InChI=1S/C14H25N3O2/c1-10-5-6-11(9-10)16-13(18)14(12(15)17-19)7-3-2-4-8-14/h10-11,19H,2-9H2,1H3,(H2,15,17)(H,16,18). The molecular weight excluding hydrogens is 242 g/mol. The molecule has 1 amide bonds. The fourth-order valence-electron chi connectivity index (χ4n) is 3.51.